The molecule has 2 atom stereocenters. The summed E-state index contributed by atoms with van der Waals surface area (Å²) in [7, 11) is 0. The maximum atomic E-state index is 4.78. The first-order valence-electron chi connectivity index (χ1n) is 7.05. The van der Waals surface area contributed by atoms with Crippen molar-refractivity contribution in [2.24, 2.45) is 9.98 Å². The van der Waals surface area contributed by atoms with Crippen LogP contribution >= 0.6 is 22.7 Å². The number of thiophene rings is 2. The minimum absolute atomic E-state index is 0.349. The molecule has 1 saturated carbocycles. The van der Waals surface area contributed by atoms with Crippen LogP contribution in [0.15, 0.2) is 45.0 Å². The van der Waals surface area contributed by atoms with Gasteiger partial charge in [0.2, 0.25) is 0 Å². The molecule has 1 aliphatic rings. The first kappa shape index (κ1) is 13.7. The van der Waals surface area contributed by atoms with Gasteiger partial charge in [-0.1, -0.05) is 25.0 Å². The highest BCUT2D eigenvalue weighted by Gasteiger charge is 2.23. The fourth-order valence-electron chi connectivity index (χ4n) is 2.51. The van der Waals surface area contributed by atoms with Crippen molar-refractivity contribution in [1.29, 1.82) is 0 Å². The molecule has 0 spiro atoms. The highest BCUT2D eigenvalue weighted by molar-refractivity contribution is 7.12. The SMILES string of the molecule is C(=N\[C@H]1CCCC[C@@H]1/N=C/c1cccs1)/c1cccs1. The minimum atomic E-state index is 0.349. The summed E-state index contributed by atoms with van der Waals surface area (Å²) in [6.45, 7) is 0. The van der Waals surface area contributed by atoms with Gasteiger partial charge in [0.15, 0.2) is 0 Å². The number of rotatable bonds is 4. The van der Waals surface area contributed by atoms with Gasteiger partial charge in [-0.3, -0.25) is 9.98 Å². The van der Waals surface area contributed by atoms with Gasteiger partial charge in [-0.25, -0.2) is 0 Å². The molecule has 2 aromatic rings. The van der Waals surface area contributed by atoms with Crippen molar-refractivity contribution < 1.29 is 0 Å². The second-order valence-electron chi connectivity index (χ2n) is 5.01. The third-order valence-corrected chi connectivity index (χ3v) is 5.18. The number of aliphatic imine (C=N–C) groups is 2. The van der Waals surface area contributed by atoms with Gasteiger partial charge in [0.05, 0.1) is 12.1 Å². The van der Waals surface area contributed by atoms with Crippen LogP contribution in [0.5, 0.6) is 0 Å². The van der Waals surface area contributed by atoms with E-state index in [0.717, 1.165) is 12.8 Å². The molecule has 4 heteroatoms. The fourth-order valence-corrected chi connectivity index (χ4v) is 3.69. The maximum Gasteiger partial charge on any atom is 0.0723 e. The molecule has 2 nitrogen and oxygen atoms in total. The van der Waals surface area contributed by atoms with Crippen molar-refractivity contribution >= 4 is 35.1 Å². The fraction of sp³-hybridized carbons (Fsp3) is 0.375. The molecule has 2 aromatic heterocycles. The Hall–Kier alpha value is -1.26. The quantitative estimate of drug-likeness (QED) is 0.734. The molecule has 0 aliphatic heterocycles. The number of hydrogen-bond acceptors (Lipinski definition) is 4. The standard InChI is InChI=1S/C16H18N2S2/c1-2-8-16(18-12-14-6-4-10-20-14)15(7-1)17-11-13-5-3-9-19-13/h3-6,9-12,15-16H,1-2,7-8H2/b17-11+,18-12+/t15-,16-/m0/s1. The topological polar surface area (TPSA) is 24.7 Å². The minimum Gasteiger partial charge on any atom is -0.286 e. The van der Waals surface area contributed by atoms with Gasteiger partial charge in [0, 0.05) is 22.2 Å². The molecule has 0 aromatic carbocycles. The van der Waals surface area contributed by atoms with Crippen LogP contribution in [-0.2, 0) is 0 Å². The van der Waals surface area contributed by atoms with E-state index in [0.29, 0.717) is 12.1 Å². The second-order valence-corrected chi connectivity index (χ2v) is 6.96. The molecule has 2 heterocycles. The molecular formula is C16H18N2S2. The normalized spacial score (nSPS) is 23.8. The van der Waals surface area contributed by atoms with Gasteiger partial charge in [0.25, 0.3) is 0 Å². The molecule has 0 bridgehead atoms. The molecule has 20 heavy (non-hydrogen) atoms. The van der Waals surface area contributed by atoms with Gasteiger partial charge in [-0.2, -0.15) is 0 Å². The monoisotopic (exact) mass is 302 g/mol. The van der Waals surface area contributed by atoms with E-state index in [1.807, 2.05) is 12.4 Å². The van der Waals surface area contributed by atoms with Gasteiger partial charge < -0.3 is 0 Å². The number of nitrogens with zero attached hydrogens (tertiary/aromatic N) is 2. The van der Waals surface area contributed by atoms with E-state index in [1.165, 1.54) is 22.6 Å². The van der Waals surface area contributed by atoms with E-state index in [4.69, 9.17) is 9.98 Å². The molecule has 0 radical (unpaired) electrons. The summed E-state index contributed by atoms with van der Waals surface area (Å²) < 4.78 is 0. The average molecular weight is 302 g/mol. The molecule has 1 aliphatic carbocycles. The molecule has 104 valence electrons. The summed E-state index contributed by atoms with van der Waals surface area (Å²) in [5, 5.41) is 4.18. The summed E-state index contributed by atoms with van der Waals surface area (Å²) >= 11 is 3.48. The van der Waals surface area contributed by atoms with Crippen LogP contribution in [0.2, 0.25) is 0 Å². The molecular weight excluding hydrogens is 284 g/mol. The van der Waals surface area contributed by atoms with Crippen LogP contribution in [-0.4, -0.2) is 24.5 Å². The largest absolute Gasteiger partial charge is 0.286 e. The summed E-state index contributed by atoms with van der Waals surface area (Å²) in [5.74, 6) is 0. The lowest BCUT2D eigenvalue weighted by Gasteiger charge is -2.25. The molecule has 0 unspecified atom stereocenters. The van der Waals surface area contributed by atoms with Crippen LogP contribution in [0, 0.1) is 0 Å². The van der Waals surface area contributed by atoms with Crippen LogP contribution in [0.3, 0.4) is 0 Å². The second kappa shape index (κ2) is 6.95. The van der Waals surface area contributed by atoms with E-state index in [2.05, 4.69) is 35.0 Å². The Morgan fingerprint density at radius 2 is 1.35 bits per heavy atom. The van der Waals surface area contributed by atoms with Crippen molar-refractivity contribution in [2.45, 2.75) is 37.8 Å². The zero-order valence-corrected chi connectivity index (χ0v) is 12.9. The van der Waals surface area contributed by atoms with E-state index < -0.39 is 0 Å². The Morgan fingerprint density at radius 3 is 1.75 bits per heavy atom. The Bertz CT molecular complexity index is 503. The summed E-state index contributed by atoms with van der Waals surface area (Å²) in [6.07, 6.45) is 8.92. The van der Waals surface area contributed by atoms with Crippen LogP contribution in [0.1, 0.15) is 35.4 Å². The summed E-state index contributed by atoms with van der Waals surface area (Å²) in [5.41, 5.74) is 0. The lowest BCUT2D eigenvalue weighted by atomic mass is 9.91. The Kier molecular flexibility index (Phi) is 4.77. The van der Waals surface area contributed by atoms with Crippen LogP contribution < -0.4 is 0 Å². The smallest absolute Gasteiger partial charge is 0.0723 e. The highest BCUT2D eigenvalue weighted by Crippen LogP contribution is 2.24. The predicted molar refractivity (Wildman–Crippen MR) is 89.9 cm³/mol. The first-order chi connectivity index (χ1) is 9.92. The zero-order valence-electron chi connectivity index (χ0n) is 11.3. The van der Waals surface area contributed by atoms with Crippen molar-refractivity contribution in [1.82, 2.24) is 0 Å². The van der Waals surface area contributed by atoms with Crippen molar-refractivity contribution in [3.05, 3.63) is 44.8 Å². The molecule has 1 fully saturated rings. The molecule has 0 saturated heterocycles. The van der Waals surface area contributed by atoms with E-state index in [1.54, 1.807) is 22.7 Å². The van der Waals surface area contributed by atoms with Crippen molar-refractivity contribution in [2.75, 3.05) is 0 Å². The molecule has 0 amide bonds. The van der Waals surface area contributed by atoms with E-state index in [-0.39, 0.29) is 0 Å². The van der Waals surface area contributed by atoms with Gasteiger partial charge in [-0.05, 0) is 35.7 Å². The number of hydrogen-bond donors (Lipinski definition) is 0. The highest BCUT2D eigenvalue weighted by atomic mass is 32.1. The Labute approximate surface area is 127 Å². The summed E-state index contributed by atoms with van der Waals surface area (Å²) in [4.78, 5) is 12.0. The van der Waals surface area contributed by atoms with E-state index >= 15 is 0 Å². The molecule has 3 rings (SSSR count). The first-order valence-corrected chi connectivity index (χ1v) is 8.81. The lowest BCUT2D eigenvalue weighted by molar-refractivity contribution is 0.390. The van der Waals surface area contributed by atoms with Gasteiger partial charge >= 0.3 is 0 Å². The zero-order chi connectivity index (χ0) is 13.6. The van der Waals surface area contributed by atoms with Crippen LogP contribution in [0.25, 0.3) is 0 Å². The van der Waals surface area contributed by atoms with Crippen LogP contribution in [0.4, 0.5) is 0 Å². The van der Waals surface area contributed by atoms with Crippen molar-refractivity contribution in [3.63, 3.8) is 0 Å². The Morgan fingerprint density at radius 1 is 0.850 bits per heavy atom. The average Bonchev–Trinajstić information content (AvgIpc) is 3.17. The van der Waals surface area contributed by atoms with Gasteiger partial charge in [-0.15, -0.1) is 22.7 Å². The van der Waals surface area contributed by atoms with Crippen molar-refractivity contribution in [3.8, 4) is 0 Å². The Balaban J connectivity index is 1.67. The third kappa shape index (κ3) is 3.64. The maximum absolute atomic E-state index is 4.78. The summed E-state index contributed by atoms with van der Waals surface area (Å²) in [6, 6.07) is 9.06. The van der Waals surface area contributed by atoms with Gasteiger partial charge in [0.1, 0.15) is 0 Å². The molecule has 0 N–H and O–H groups in total. The third-order valence-electron chi connectivity index (χ3n) is 3.57. The predicted octanol–water partition coefficient (Wildman–Crippen LogP) is 4.66. The lowest BCUT2D eigenvalue weighted by Crippen LogP contribution is -2.27. The van der Waals surface area contributed by atoms with E-state index in [9.17, 15) is 0 Å².